The van der Waals surface area contributed by atoms with Crippen molar-refractivity contribution in [2.24, 2.45) is 5.10 Å². The predicted molar refractivity (Wildman–Crippen MR) is 104 cm³/mol. The average Bonchev–Trinajstić information content (AvgIpc) is 2.61. The Balaban J connectivity index is 1.54. The number of hydrogen-bond acceptors (Lipinski definition) is 3. The van der Waals surface area contributed by atoms with Gasteiger partial charge in [0.05, 0.1) is 6.21 Å². The first-order chi connectivity index (χ1) is 11.7. The Morgan fingerprint density at radius 1 is 1.04 bits per heavy atom. The Bertz CT molecular complexity index is 893. The second kappa shape index (κ2) is 7.92. The van der Waals surface area contributed by atoms with Crippen molar-refractivity contribution in [2.75, 3.05) is 6.61 Å². The van der Waals surface area contributed by atoms with Gasteiger partial charge in [-0.3, -0.25) is 4.79 Å². The number of rotatable bonds is 5. The summed E-state index contributed by atoms with van der Waals surface area (Å²) in [4.78, 5) is 11.8. The number of carbonyl (C=O) groups is 1. The van der Waals surface area contributed by atoms with Crippen LogP contribution < -0.4 is 10.2 Å². The summed E-state index contributed by atoms with van der Waals surface area (Å²) in [5, 5.41) is 6.17. The van der Waals surface area contributed by atoms with Crippen molar-refractivity contribution in [3.8, 4) is 5.75 Å². The van der Waals surface area contributed by atoms with Crippen LogP contribution in [0.5, 0.6) is 5.75 Å². The van der Waals surface area contributed by atoms with Crippen LogP contribution in [-0.4, -0.2) is 18.7 Å². The van der Waals surface area contributed by atoms with Gasteiger partial charge >= 0.3 is 0 Å². The van der Waals surface area contributed by atoms with Crippen molar-refractivity contribution in [2.45, 2.75) is 0 Å². The van der Waals surface area contributed by atoms with Crippen LogP contribution >= 0.6 is 22.6 Å². The van der Waals surface area contributed by atoms with E-state index in [4.69, 9.17) is 4.74 Å². The lowest BCUT2D eigenvalue weighted by Crippen LogP contribution is -2.24. The number of amides is 1. The molecule has 0 saturated carbocycles. The summed E-state index contributed by atoms with van der Waals surface area (Å²) in [7, 11) is 0. The Kier molecular flexibility index (Phi) is 5.43. The summed E-state index contributed by atoms with van der Waals surface area (Å²) in [5.41, 5.74) is 3.42. The number of halogens is 1. The van der Waals surface area contributed by atoms with Gasteiger partial charge < -0.3 is 4.74 Å². The molecule has 0 heterocycles. The van der Waals surface area contributed by atoms with Gasteiger partial charge in [-0.05, 0) is 51.6 Å². The fourth-order valence-electron chi connectivity index (χ4n) is 2.19. The van der Waals surface area contributed by atoms with Crippen molar-refractivity contribution < 1.29 is 9.53 Å². The zero-order chi connectivity index (χ0) is 16.8. The fraction of sp³-hybridized carbons (Fsp3) is 0.0526. The van der Waals surface area contributed by atoms with Crippen molar-refractivity contribution in [3.63, 3.8) is 0 Å². The lowest BCUT2D eigenvalue weighted by atomic mass is 10.1. The standard InChI is InChI=1S/C19H15IN2O2/c20-18-8-4-3-7-16(18)12-21-22-19(23)13-24-17-10-9-14-5-1-2-6-15(14)11-17/h1-12H,13H2,(H,22,23). The average molecular weight is 430 g/mol. The largest absolute Gasteiger partial charge is 0.484 e. The molecule has 0 bridgehead atoms. The van der Waals surface area contributed by atoms with Gasteiger partial charge in [0, 0.05) is 9.13 Å². The quantitative estimate of drug-likeness (QED) is 0.379. The van der Waals surface area contributed by atoms with Crippen molar-refractivity contribution in [3.05, 3.63) is 75.9 Å². The van der Waals surface area contributed by atoms with Crippen LogP contribution in [0.4, 0.5) is 0 Å². The van der Waals surface area contributed by atoms with E-state index in [1.807, 2.05) is 66.7 Å². The molecule has 3 rings (SSSR count). The minimum absolute atomic E-state index is 0.0818. The lowest BCUT2D eigenvalue weighted by molar-refractivity contribution is -0.123. The fourth-order valence-corrected chi connectivity index (χ4v) is 2.72. The molecule has 0 unspecified atom stereocenters. The Morgan fingerprint density at radius 2 is 1.79 bits per heavy atom. The van der Waals surface area contributed by atoms with Crippen molar-refractivity contribution in [1.82, 2.24) is 5.43 Å². The van der Waals surface area contributed by atoms with E-state index in [-0.39, 0.29) is 12.5 Å². The summed E-state index contributed by atoms with van der Waals surface area (Å²) in [6.45, 7) is -0.0818. The van der Waals surface area contributed by atoms with Crippen LogP contribution in [-0.2, 0) is 4.79 Å². The molecule has 0 aliphatic rings. The minimum Gasteiger partial charge on any atom is -0.484 e. The van der Waals surface area contributed by atoms with Crippen LogP contribution in [0.15, 0.2) is 71.8 Å². The molecule has 0 saturated heterocycles. The summed E-state index contributed by atoms with van der Waals surface area (Å²) in [6, 6.07) is 21.5. The number of ether oxygens (including phenoxy) is 1. The third-order valence-electron chi connectivity index (χ3n) is 3.39. The minimum atomic E-state index is -0.301. The topological polar surface area (TPSA) is 50.7 Å². The number of hydrogen-bond donors (Lipinski definition) is 1. The van der Waals surface area contributed by atoms with Gasteiger partial charge in [-0.15, -0.1) is 0 Å². The third-order valence-corrected chi connectivity index (χ3v) is 4.37. The third kappa shape index (κ3) is 4.32. The number of hydrazone groups is 1. The van der Waals surface area contributed by atoms with Crippen LogP contribution in [0.25, 0.3) is 10.8 Å². The van der Waals surface area contributed by atoms with E-state index >= 15 is 0 Å². The SMILES string of the molecule is O=C(COc1ccc2ccccc2c1)NN=Cc1ccccc1I. The number of nitrogens with zero attached hydrogens (tertiary/aromatic N) is 1. The van der Waals surface area contributed by atoms with E-state index in [1.165, 1.54) is 0 Å². The summed E-state index contributed by atoms with van der Waals surface area (Å²) in [5.74, 6) is 0.357. The van der Waals surface area contributed by atoms with E-state index in [0.717, 1.165) is 19.9 Å². The van der Waals surface area contributed by atoms with E-state index in [9.17, 15) is 4.79 Å². The maximum atomic E-state index is 11.8. The highest BCUT2D eigenvalue weighted by molar-refractivity contribution is 14.1. The maximum absolute atomic E-state index is 11.8. The first kappa shape index (κ1) is 16.4. The normalized spacial score (nSPS) is 10.9. The van der Waals surface area contributed by atoms with E-state index in [1.54, 1.807) is 6.21 Å². The second-order valence-electron chi connectivity index (χ2n) is 5.11. The van der Waals surface area contributed by atoms with E-state index < -0.39 is 0 Å². The molecule has 1 N–H and O–H groups in total. The van der Waals surface area contributed by atoms with Crippen molar-refractivity contribution in [1.29, 1.82) is 0 Å². The molecule has 1 amide bonds. The highest BCUT2D eigenvalue weighted by atomic mass is 127. The zero-order valence-corrected chi connectivity index (χ0v) is 14.9. The molecule has 0 fully saturated rings. The van der Waals surface area contributed by atoms with Gasteiger partial charge in [-0.2, -0.15) is 5.10 Å². The molecular formula is C19H15IN2O2. The van der Waals surface area contributed by atoms with Gasteiger partial charge in [0.25, 0.3) is 5.91 Å². The Hall–Kier alpha value is -2.41. The van der Waals surface area contributed by atoms with Gasteiger partial charge in [0.1, 0.15) is 5.75 Å². The summed E-state index contributed by atoms with van der Waals surface area (Å²) < 4.78 is 6.58. The molecule has 4 nitrogen and oxygen atoms in total. The molecule has 0 radical (unpaired) electrons. The first-order valence-electron chi connectivity index (χ1n) is 7.40. The number of carbonyl (C=O) groups excluding carboxylic acids is 1. The van der Waals surface area contributed by atoms with Crippen LogP contribution in [0.3, 0.4) is 0 Å². The molecule has 120 valence electrons. The molecule has 0 aliphatic heterocycles. The predicted octanol–water partition coefficient (Wildman–Crippen LogP) is 3.97. The summed E-state index contributed by atoms with van der Waals surface area (Å²) in [6.07, 6.45) is 1.62. The molecule has 0 atom stereocenters. The molecular weight excluding hydrogens is 415 g/mol. The molecule has 0 spiro atoms. The van der Waals surface area contributed by atoms with Crippen molar-refractivity contribution >= 4 is 45.5 Å². The summed E-state index contributed by atoms with van der Waals surface area (Å²) >= 11 is 2.22. The number of benzene rings is 3. The molecule has 5 heteroatoms. The van der Waals surface area contributed by atoms with Gasteiger partial charge in [0.2, 0.25) is 0 Å². The zero-order valence-electron chi connectivity index (χ0n) is 12.8. The number of fused-ring (bicyclic) bond motifs is 1. The molecule has 0 aromatic heterocycles. The molecule has 3 aromatic carbocycles. The lowest BCUT2D eigenvalue weighted by Gasteiger charge is -2.06. The van der Waals surface area contributed by atoms with Crippen LogP contribution in [0.1, 0.15) is 5.56 Å². The molecule has 3 aromatic rings. The highest BCUT2D eigenvalue weighted by Crippen LogP contribution is 2.20. The Labute approximate surface area is 153 Å². The van der Waals surface area contributed by atoms with E-state index in [2.05, 4.69) is 33.1 Å². The first-order valence-corrected chi connectivity index (χ1v) is 8.48. The molecule has 24 heavy (non-hydrogen) atoms. The monoisotopic (exact) mass is 430 g/mol. The van der Waals surface area contributed by atoms with Gasteiger partial charge in [-0.25, -0.2) is 5.43 Å². The maximum Gasteiger partial charge on any atom is 0.277 e. The van der Waals surface area contributed by atoms with Gasteiger partial charge in [0.15, 0.2) is 6.61 Å². The Morgan fingerprint density at radius 3 is 2.62 bits per heavy atom. The smallest absolute Gasteiger partial charge is 0.277 e. The van der Waals surface area contributed by atoms with Gasteiger partial charge in [-0.1, -0.05) is 48.5 Å². The number of nitrogens with one attached hydrogen (secondary N) is 1. The van der Waals surface area contributed by atoms with E-state index in [0.29, 0.717) is 5.75 Å². The second-order valence-corrected chi connectivity index (χ2v) is 6.27. The van der Waals surface area contributed by atoms with Crippen LogP contribution in [0.2, 0.25) is 0 Å². The molecule has 0 aliphatic carbocycles. The van der Waals surface area contributed by atoms with Crippen LogP contribution in [0, 0.1) is 3.57 Å². The highest BCUT2D eigenvalue weighted by Gasteiger charge is 2.02.